The number of rotatable bonds is 6. The molecule has 1 aromatic rings. The second-order valence-electron chi connectivity index (χ2n) is 5.24. The minimum absolute atomic E-state index is 0.0198. The number of sulfonamides is 1. The first-order valence-corrected chi connectivity index (χ1v) is 8.32. The van der Waals surface area contributed by atoms with Crippen molar-refractivity contribution in [3.8, 4) is 0 Å². The molecule has 2 N–H and O–H groups in total. The zero-order valence-corrected chi connectivity index (χ0v) is 13.0. The highest BCUT2D eigenvalue weighted by atomic mass is 32.2. The number of hydrogen-bond acceptors (Lipinski definition) is 4. The van der Waals surface area contributed by atoms with E-state index in [0.29, 0.717) is 24.3 Å². The largest absolute Gasteiger partial charge is 0.383 e. The molecule has 0 heterocycles. The van der Waals surface area contributed by atoms with Gasteiger partial charge in [-0.25, -0.2) is 13.6 Å². The van der Waals surface area contributed by atoms with Crippen molar-refractivity contribution in [2.75, 3.05) is 20.3 Å². The predicted molar refractivity (Wildman–Crippen MR) is 78.5 cm³/mol. The monoisotopic (exact) mass is 312 g/mol. The lowest BCUT2D eigenvalue weighted by molar-refractivity contribution is 0.0679. The molecule has 7 heteroatoms. The molecule has 0 unspecified atom stereocenters. The first-order valence-electron chi connectivity index (χ1n) is 6.78. The van der Waals surface area contributed by atoms with Crippen LogP contribution in [0.3, 0.4) is 0 Å². The Morgan fingerprint density at radius 2 is 2.10 bits per heavy atom. The van der Waals surface area contributed by atoms with E-state index in [1.165, 1.54) is 18.2 Å². The number of methoxy groups -OCH3 is 1. The van der Waals surface area contributed by atoms with Crippen LogP contribution >= 0.6 is 0 Å². The Morgan fingerprint density at radius 3 is 2.57 bits per heavy atom. The van der Waals surface area contributed by atoms with Crippen LogP contribution in [0.5, 0.6) is 0 Å². The molecule has 1 aliphatic carbocycles. The van der Waals surface area contributed by atoms with Crippen LogP contribution in [0.4, 0.5) is 0 Å². The van der Waals surface area contributed by atoms with E-state index < -0.39 is 10.0 Å². The number of primary sulfonamides is 1. The molecular formula is C14H20N2O4S. The average molecular weight is 312 g/mol. The lowest BCUT2D eigenvalue weighted by atomic mass is 10.1. The first-order chi connectivity index (χ1) is 9.84. The Bertz CT molecular complexity index is 638. The number of amides is 1. The molecule has 1 aromatic carbocycles. The third kappa shape index (κ3) is 3.81. The summed E-state index contributed by atoms with van der Waals surface area (Å²) in [5, 5.41) is 5.10. The van der Waals surface area contributed by atoms with E-state index in [1.54, 1.807) is 18.9 Å². The number of carbonyl (C=O) groups excluding carboxylic acids is 1. The van der Waals surface area contributed by atoms with Crippen molar-refractivity contribution < 1.29 is 17.9 Å². The second kappa shape index (κ2) is 6.13. The van der Waals surface area contributed by atoms with Crippen molar-refractivity contribution in [1.82, 2.24) is 4.90 Å². The van der Waals surface area contributed by atoms with Crippen molar-refractivity contribution in [3.63, 3.8) is 0 Å². The molecule has 0 saturated heterocycles. The molecule has 0 radical (unpaired) electrons. The summed E-state index contributed by atoms with van der Waals surface area (Å²) in [4.78, 5) is 14.4. The van der Waals surface area contributed by atoms with Crippen LogP contribution in [-0.2, 0) is 14.8 Å². The molecule has 1 fully saturated rings. The van der Waals surface area contributed by atoms with Crippen molar-refractivity contribution in [1.29, 1.82) is 0 Å². The van der Waals surface area contributed by atoms with Gasteiger partial charge in [0, 0.05) is 25.3 Å². The molecular weight excluding hydrogens is 292 g/mol. The van der Waals surface area contributed by atoms with E-state index in [-0.39, 0.29) is 16.8 Å². The maximum Gasteiger partial charge on any atom is 0.254 e. The normalized spacial score (nSPS) is 15.0. The van der Waals surface area contributed by atoms with Gasteiger partial charge in [-0.15, -0.1) is 0 Å². The van der Waals surface area contributed by atoms with Gasteiger partial charge in [0.15, 0.2) is 0 Å². The average Bonchev–Trinajstić information content (AvgIpc) is 3.22. The summed E-state index contributed by atoms with van der Waals surface area (Å²) in [7, 11) is -2.15. The highest BCUT2D eigenvalue weighted by molar-refractivity contribution is 7.89. The Hall–Kier alpha value is -1.44. The number of nitrogens with two attached hydrogens (primary N) is 1. The SMILES string of the molecule is COCCN(C(=O)c1ccc(S(N)(=O)=O)cc1C)C1CC1. The quantitative estimate of drug-likeness (QED) is 0.845. The van der Waals surface area contributed by atoms with E-state index >= 15 is 0 Å². The zero-order valence-electron chi connectivity index (χ0n) is 12.2. The van der Waals surface area contributed by atoms with Crippen LogP contribution in [0, 0.1) is 6.92 Å². The van der Waals surface area contributed by atoms with Crippen LogP contribution in [0.15, 0.2) is 23.1 Å². The third-order valence-corrected chi connectivity index (χ3v) is 4.45. The van der Waals surface area contributed by atoms with Crippen LogP contribution in [-0.4, -0.2) is 45.5 Å². The number of hydrogen-bond donors (Lipinski definition) is 1. The Morgan fingerprint density at radius 1 is 1.43 bits per heavy atom. The van der Waals surface area contributed by atoms with E-state index in [9.17, 15) is 13.2 Å². The standard InChI is InChI=1S/C14H20N2O4S/c1-10-9-12(21(15,18)19)5-6-13(10)14(17)16(7-8-20-2)11-3-4-11/h5-6,9,11H,3-4,7-8H2,1-2H3,(H2,15,18,19). The molecule has 0 bridgehead atoms. The maximum absolute atomic E-state index is 12.6. The zero-order chi connectivity index (χ0) is 15.6. The number of aryl methyl sites for hydroxylation is 1. The molecule has 0 aromatic heterocycles. The summed E-state index contributed by atoms with van der Waals surface area (Å²) >= 11 is 0. The van der Waals surface area contributed by atoms with E-state index in [4.69, 9.17) is 9.88 Å². The summed E-state index contributed by atoms with van der Waals surface area (Å²) in [5.74, 6) is -0.0898. The van der Waals surface area contributed by atoms with Crippen LogP contribution < -0.4 is 5.14 Å². The molecule has 0 atom stereocenters. The van der Waals surface area contributed by atoms with Crippen molar-refractivity contribution in [2.45, 2.75) is 30.7 Å². The summed E-state index contributed by atoms with van der Waals surface area (Å²) in [6, 6.07) is 4.60. The Kier molecular flexibility index (Phi) is 4.65. The number of benzene rings is 1. The molecule has 6 nitrogen and oxygen atoms in total. The molecule has 1 saturated carbocycles. The van der Waals surface area contributed by atoms with Crippen LogP contribution in [0.2, 0.25) is 0 Å². The lowest BCUT2D eigenvalue weighted by Gasteiger charge is -2.23. The Balaban J connectivity index is 2.25. The second-order valence-corrected chi connectivity index (χ2v) is 6.81. The number of carbonyl (C=O) groups is 1. The van der Waals surface area contributed by atoms with E-state index in [2.05, 4.69) is 0 Å². The fraction of sp³-hybridized carbons (Fsp3) is 0.500. The minimum Gasteiger partial charge on any atom is -0.383 e. The third-order valence-electron chi connectivity index (χ3n) is 3.54. The molecule has 2 rings (SSSR count). The van der Waals surface area contributed by atoms with Crippen molar-refractivity contribution in [2.24, 2.45) is 5.14 Å². The minimum atomic E-state index is -3.75. The van der Waals surface area contributed by atoms with Gasteiger partial charge in [0.1, 0.15) is 0 Å². The molecule has 1 amide bonds. The fourth-order valence-corrected chi connectivity index (χ4v) is 2.83. The van der Waals surface area contributed by atoms with E-state index in [0.717, 1.165) is 12.8 Å². The fourth-order valence-electron chi connectivity index (χ4n) is 2.23. The molecule has 21 heavy (non-hydrogen) atoms. The molecule has 0 aliphatic heterocycles. The van der Waals surface area contributed by atoms with Gasteiger partial charge in [-0.3, -0.25) is 4.79 Å². The van der Waals surface area contributed by atoms with Gasteiger partial charge in [0.25, 0.3) is 5.91 Å². The van der Waals surface area contributed by atoms with Crippen molar-refractivity contribution >= 4 is 15.9 Å². The van der Waals surface area contributed by atoms with Crippen molar-refractivity contribution in [3.05, 3.63) is 29.3 Å². The van der Waals surface area contributed by atoms with Gasteiger partial charge in [0.2, 0.25) is 10.0 Å². The summed E-state index contributed by atoms with van der Waals surface area (Å²) in [5.41, 5.74) is 1.11. The summed E-state index contributed by atoms with van der Waals surface area (Å²) < 4.78 is 27.7. The Labute approximate surface area is 124 Å². The maximum atomic E-state index is 12.6. The first kappa shape index (κ1) is 15.9. The van der Waals surface area contributed by atoms with Gasteiger partial charge in [0.05, 0.1) is 11.5 Å². The molecule has 1 aliphatic rings. The molecule has 0 spiro atoms. The van der Waals surface area contributed by atoms with Gasteiger partial charge < -0.3 is 9.64 Å². The van der Waals surface area contributed by atoms with Crippen LogP contribution in [0.25, 0.3) is 0 Å². The van der Waals surface area contributed by atoms with E-state index in [1.807, 2.05) is 0 Å². The van der Waals surface area contributed by atoms with Gasteiger partial charge in [-0.2, -0.15) is 0 Å². The highest BCUT2D eigenvalue weighted by Crippen LogP contribution is 2.29. The number of nitrogens with zero attached hydrogens (tertiary/aromatic N) is 1. The van der Waals surface area contributed by atoms with Gasteiger partial charge in [-0.05, 0) is 43.5 Å². The molecule has 116 valence electrons. The summed E-state index contributed by atoms with van der Waals surface area (Å²) in [6.07, 6.45) is 2.01. The lowest BCUT2D eigenvalue weighted by Crippen LogP contribution is -2.36. The predicted octanol–water partition coefficient (Wildman–Crippen LogP) is 0.893. The van der Waals surface area contributed by atoms with Crippen LogP contribution in [0.1, 0.15) is 28.8 Å². The topological polar surface area (TPSA) is 89.7 Å². The van der Waals surface area contributed by atoms with Gasteiger partial charge >= 0.3 is 0 Å². The highest BCUT2D eigenvalue weighted by Gasteiger charge is 2.33. The smallest absolute Gasteiger partial charge is 0.254 e. The van der Waals surface area contributed by atoms with Gasteiger partial charge in [-0.1, -0.05) is 0 Å². The number of ether oxygens (including phenoxy) is 1. The summed E-state index contributed by atoms with van der Waals surface area (Å²) in [6.45, 7) is 2.73.